The van der Waals surface area contributed by atoms with E-state index in [1.165, 1.54) is 0 Å². The van der Waals surface area contributed by atoms with E-state index in [1.54, 1.807) is 18.2 Å². The van der Waals surface area contributed by atoms with E-state index in [4.69, 9.17) is 11.5 Å². The molecule has 1 unspecified atom stereocenters. The molecule has 1 aromatic rings. The Morgan fingerprint density at radius 2 is 2.32 bits per heavy atom. The van der Waals surface area contributed by atoms with Gasteiger partial charge in [-0.05, 0) is 38.1 Å². The molecule has 1 aromatic carbocycles. The number of carbonyl (C=O) groups excluding carboxylic acids is 1. The van der Waals surface area contributed by atoms with Crippen molar-refractivity contribution in [1.82, 2.24) is 4.90 Å². The van der Waals surface area contributed by atoms with E-state index in [2.05, 4.69) is 17.1 Å². The van der Waals surface area contributed by atoms with Gasteiger partial charge in [-0.25, -0.2) is 0 Å². The molecular weight excluding hydrogens is 240 g/mol. The van der Waals surface area contributed by atoms with Crippen LogP contribution < -0.4 is 16.8 Å². The molecular formula is C14H22N4O. The minimum Gasteiger partial charge on any atom is -0.397 e. The van der Waals surface area contributed by atoms with Gasteiger partial charge in [0.05, 0.1) is 16.9 Å². The van der Waals surface area contributed by atoms with Gasteiger partial charge in [0.25, 0.3) is 5.91 Å². The predicted octanol–water partition coefficient (Wildman–Crippen LogP) is 1.26. The van der Waals surface area contributed by atoms with Gasteiger partial charge in [-0.3, -0.25) is 4.79 Å². The fraction of sp³-hybridized carbons (Fsp3) is 0.500. The van der Waals surface area contributed by atoms with Crippen LogP contribution in [0.4, 0.5) is 11.4 Å². The van der Waals surface area contributed by atoms with Crippen molar-refractivity contribution in [1.29, 1.82) is 0 Å². The molecule has 0 spiro atoms. The van der Waals surface area contributed by atoms with E-state index in [0.29, 0.717) is 23.0 Å². The second-order valence-corrected chi connectivity index (χ2v) is 5.01. The van der Waals surface area contributed by atoms with Gasteiger partial charge in [-0.2, -0.15) is 0 Å². The maximum absolute atomic E-state index is 11.5. The van der Waals surface area contributed by atoms with E-state index in [1.807, 2.05) is 0 Å². The van der Waals surface area contributed by atoms with Crippen LogP contribution in [0.3, 0.4) is 0 Å². The number of nitrogens with two attached hydrogens (primary N) is 2. The molecule has 5 heteroatoms. The van der Waals surface area contributed by atoms with Gasteiger partial charge in [0.15, 0.2) is 0 Å². The highest BCUT2D eigenvalue weighted by molar-refractivity contribution is 6.01. The highest BCUT2D eigenvalue weighted by atomic mass is 16.1. The topological polar surface area (TPSA) is 84.4 Å². The second kappa shape index (κ2) is 5.93. The molecule has 5 N–H and O–H groups in total. The van der Waals surface area contributed by atoms with E-state index < -0.39 is 5.91 Å². The van der Waals surface area contributed by atoms with Gasteiger partial charge < -0.3 is 21.7 Å². The Balaban J connectivity index is 2.16. The van der Waals surface area contributed by atoms with E-state index in [-0.39, 0.29) is 0 Å². The molecule has 1 amide bonds. The largest absolute Gasteiger partial charge is 0.397 e. The maximum Gasteiger partial charge on any atom is 0.250 e. The molecule has 104 valence electrons. The van der Waals surface area contributed by atoms with Crippen LogP contribution in [0.5, 0.6) is 0 Å². The van der Waals surface area contributed by atoms with Crippen molar-refractivity contribution in [3.05, 3.63) is 23.8 Å². The molecule has 0 saturated carbocycles. The van der Waals surface area contributed by atoms with Gasteiger partial charge in [0.2, 0.25) is 0 Å². The van der Waals surface area contributed by atoms with Crippen molar-refractivity contribution in [2.45, 2.75) is 25.8 Å². The summed E-state index contributed by atoms with van der Waals surface area (Å²) in [5, 5.41) is 3.40. The van der Waals surface area contributed by atoms with Crippen LogP contribution in [0.1, 0.15) is 30.1 Å². The van der Waals surface area contributed by atoms with Crippen LogP contribution in [0.25, 0.3) is 0 Å². The summed E-state index contributed by atoms with van der Waals surface area (Å²) in [6.07, 6.45) is 2.24. The van der Waals surface area contributed by atoms with Gasteiger partial charge >= 0.3 is 0 Å². The van der Waals surface area contributed by atoms with Crippen molar-refractivity contribution in [3.63, 3.8) is 0 Å². The number of nitrogens with zero attached hydrogens (tertiary/aromatic N) is 1. The predicted molar refractivity (Wildman–Crippen MR) is 78.1 cm³/mol. The van der Waals surface area contributed by atoms with Gasteiger partial charge in [0.1, 0.15) is 0 Å². The summed E-state index contributed by atoms with van der Waals surface area (Å²) < 4.78 is 0. The molecule has 1 atom stereocenters. The van der Waals surface area contributed by atoms with E-state index in [9.17, 15) is 4.79 Å². The zero-order chi connectivity index (χ0) is 13.8. The number of anilines is 2. The number of primary amides is 1. The summed E-state index contributed by atoms with van der Waals surface area (Å²) in [7, 11) is 0. The first kappa shape index (κ1) is 13.7. The number of benzene rings is 1. The molecule has 2 rings (SSSR count). The summed E-state index contributed by atoms with van der Waals surface area (Å²) in [5.41, 5.74) is 13.1. The van der Waals surface area contributed by atoms with Crippen LogP contribution in [0, 0.1) is 0 Å². The Kier molecular flexibility index (Phi) is 4.27. The summed E-state index contributed by atoms with van der Waals surface area (Å²) in [6, 6.07) is 5.56. The molecule has 5 nitrogen and oxygen atoms in total. The van der Waals surface area contributed by atoms with Gasteiger partial charge in [-0.15, -0.1) is 0 Å². The molecule has 1 saturated heterocycles. The van der Waals surface area contributed by atoms with Crippen LogP contribution in [0.15, 0.2) is 18.2 Å². The molecule has 0 bridgehead atoms. The van der Waals surface area contributed by atoms with Crippen molar-refractivity contribution < 1.29 is 4.79 Å². The van der Waals surface area contributed by atoms with Gasteiger partial charge in [-0.1, -0.05) is 13.0 Å². The second-order valence-electron chi connectivity index (χ2n) is 5.01. The third-order valence-corrected chi connectivity index (χ3v) is 3.66. The molecule has 0 aliphatic carbocycles. The highest BCUT2D eigenvalue weighted by Gasteiger charge is 2.21. The van der Waals surface area contributed by atoms with Gasteiger partial charge in [0, 0.05) is 12.6 Å². The minimum atomic E-state index is -0.446. The number of likely N-dealkylation sites (tertiary alicyclic amines) is 1. The summed E-state index contributed by atoms with van der Waals surface area (Å²) in [4.78, 5) is 13.8. The molecule has 0 aromatic heterocycles. The summed E-state index contributed by atoms with van der Waals surface area (Å²) in [6.45, 7) is 5.32. The number of nitrogens with one attached hydrogen (secondary N) is 1. The highest BCUT2D eigenvalue weighted by Crippen LogP contribution is 2.25. The Bertz CT molecular complexity index is 461. The molecule has 1 aliphatic rings. The van der Waals surface area contributed by atoms with Crippen molar-refractivity contribution in [3.8, 4) is 0 Å². The van der Waals surface area contributed by atoms with Crippen molar-refractivity contribution in [2.24, 2.45) is 5.73 Å². The Morgan fingerprint density at radius 1 is 1.53 bits per heavy atom. The number of amides is 1. The number of rotatable bonds is 4. The van der Waals surface area contributed by atoms with Crippen LogP contribution in [0.2, 0.25) is 0 Å². The maximum atomic E-state index is 11.5. The lowest BCUT2D eigenvalue weighted by atomic mass is 10.0. The zero-order valence-corrected chi connectivity index (χ0v) is 11.4. The van der Waals surface area contributed by atoms with Crippen LogP contribution in [-0.2, 0) is 0 Å². The molecule has 1 fully saturated rings. The fourth-order valence-electron chi connectivity index (χ4n) is 2.60. The molecule has 1 heterocycles. The average molecular weight is 262 g/mol. The lowest BCUT2D eigenvalue weighted by Crippen LogP contribution is -2.42. The van der Waals surface area contributed by atoms with Crippen LogP contribution >= 0.6 is 0 Å². The number of likely N-dealkylation sites (N-methyl/N-ethyl adjacent to an activating group) is 1. The monoisotopic (exact) mass is 262 g/mol. The number of hydrogen-bond donors (Lipinski definition) is 3. The zero-order valence-electron chi connectivity index (χ0n) is 11.4. The lowest BCUT2D eigenvalue weighted by molar-refractivity contribution is 0.100. The standard InChI is InChI=1S/C14H22N4O/c1-2-18-8-4-5-10(9-18)17-13-11(14(16)19)6-3-7-12(13)15/h3,6-7,10,17H,2,4-5,8-9,15H2,1H3,(H2,16,19). The number of carbonyl (C=O) groups is 1. The fourth-order valence-corrected chi connectivity index (χ4v) is 2.60. The summed E-state index contributed by atoms with van der Waals surface area (Å²) >= 11 is 0. The average Bonchev–Trinajstić information content (AvgIpc) is 2.41. The first-order chi connectivity index (χ1) is 9.11. The normalized spacial score (nSPS) is 20.2. The van der Waals surface area contributed by atoms with Crippen molar-refractivity contribution in [2.75, 3.05) is 30.7 Å². The molecule has 19 heavy (non-hydrogen) atoms. The molecule has 0 radical (unpaired) electrons. The van der Waals surface area contributed by atoms with Crippen molar-refractivity contribution >= 4 is 17.3 Å². The Morgan fingerprint density at radius 3 is 3.00 bits per heavy atom. The van der Waals surface area contributed by atoms with E-state index in [0.717, 1.165) is 32.5 Å². The first-order valence-electron chi connectivity index (χ1n) is 6.79. The smallest absolute Gasteiger partial charge is 0.250 e. The number of piperidine rings is 1. The SMILES string of the molecule is CCN1CCCC(Nc2c(N)cccc2C(N)=O)C1. The van der Waals surface area contributed by atoms with E-state index >= 15 is 0 Å². The summed E-state index contributed by atoms with van der Waals surface area (Å²) in [5.74, 6) is -0.446. The van der Waals surface area contributed by atoms with Crippen LogP contribution in [-0.4, -0.2) is 36.5 Å². The number of nitrogen functional groups attached to an aromatic ring is 1. The first-order valence-corrected chi connectivity index (χ1v) is 6.79. The number of para-hydroxylation sites is 1. The third-order valence-electron chi connectivity index (χ3n) is 3.66. The number of hydrogen-bond acceptors (Lipinski definition) is 4. The Labute approximate surface area is 113 Å². The third kappa shape index (κ3) is 3.17. The quantitative estimate of drug-likeness (QED) is 0.713. The molecule has 1 aliphatic heterocycles. The lowest BCUT2D eigenvalue weighted by Gasteiger charge is -2.33. The Hall–Kier alpha value is -1.75. The minimum absolute atomic E-state index is 0.316.